The summed E-state index contributed by atoms with van der Waals surface area (Å²) in [5.41, 5.74) is 2.52. The van der Waals surface area contributed by atoms with Gasteiger partial charge in [-0.2, -0.15) is 0 Å². The fourth-order valence-corrected chi connectivity index (χ4v) is 2.53. The van der Waals surface area contributed by atoms with Crippen molar-refractivity contribution in [1.82, 2.24) is 0 Å². The number of hydrogen-bond acceptors (Lipinski definition) is 5. The number of carbonyl (C=O) groups is 1. The van der Waals surface area contributed by atoms with Gasteiger partial charge < -0.3 is 19.7 Å². The predicted molar refractivity (Wildman–Crippen MR) is 83.7 cm³/mol. The lowest BCUT2D eigenvalue weighted by molar-refractivity contribution is -0.109. The Kier molecular flexibility index (Phi) is 4.71. The highest BCUT2D eigenvalue weighted by molar-refractivity contribution is 5.90. The molecule has 23 heavy (non-hydrogen) atoms. The molecule has 3 rings (SSSR count). The molecule has 5 heteroatoms. The van der Waals surface area contributed by atoms with Crippen LogP contribution in [0, 0.1) is 0 Å². The number of carbonyl (C=O) groups excluding carboxylic acids is 1. The number of ether oxygens (including phenoxy) is 2. The zero-order chi connectivity index (χ0) is 16.2. The Hall–Kier alpha value is -2.21. The molecule has 2 aromatic carbocycles. The quantitative estimate of drug-likeness (QED) is 0.844. The third-order valence-electron chi connectivity index (χ3n) is 3.81. The minimum Gasteiger partial charge on any atom is -0.459 e. The van der Waals surface area contributed by atoms with E-state index < -0.39 is 24.5 Å². The average Bonchev–Trinajstić information content (AvgIpc) is 2.91. The van der Waals surface area contributed by atoms with Crippen molar-refractivity contribution in [3.8, 4) is 11.1 Å². The van der Waals surface area contributed by atoms with Gasteiger partial charge in [0.15, 0.2) is 6.29 Å². The molecule has 0 spiro atoms. The first-order valence-corrected chi connectivity index (χ1v) is 7.47. The van der Waals surface area contributed by atoms with E-state index in [0.29, 0.717) is 5.56 Å². The Labute approximate surface area is 134 Å². The smallest absolute Gasteiger partial charge is 0.338 e. The maximum absolute atomic E-state index is 12.0. The molecule has 1 aliphatic heterocycles. The van der Waals surface area contributed by atoms with Crippen LogP contribution in [-0.2, 0) is 9.47 Å². The molecule has 0 saturated carbocycles. The summed E-state index contributed by atoms with van der Waals surface area (Å²) in [7, 11) is 0. The van der Waals surface area contributed by atoms with E-state index in [1.807, 2.05) is 42.5 Å². The summed E-state index contributed by atoms with van der Waals surface area (Å²) in [4.78, 5) is 12.0. The van der Waals surface area contributed by atoms with Crippen molar-refractivity contribution in [3.05, 3.63) is 60.2 Å². The van der Waals surface area contributed by atoms with Gasteiger partial charge in [0, 0.05) is 6.42 Å². The topological polar surface area (TPSA) is 76.0 Å². The SMILES string of the molecule is O=C(OCC1OC(O)CC1O)c1ccc(-c2ccccc2)cc1. The van der Waals surface area contributed by atoms with E-state index in [-0.39, 0.29) is 13.0 Å². The first-order chi connectivity index (χ1) is 11.1. The Morgan fingerprint density at radius 1 is 1.04 bits per heavy atom. The molecule has 3 atom stereocenters. The number of hydrogen-bond donors (Lipinski definition) is 2. The second kappa shape index (κ2) is 6.91. The lowest BCUT2D eigenvalue weighted by Crippen LogP contribution is -2.28. The van der Waals surface area contributed by atoms with Gasteiger partial charge in [-0.3, -0.25) is 0 Å². The molecular formula is C18H18O5. The first-order valence-electron chi connectivity index (χ1n) is 7.47. The van der Waals surface area contributed by atoms with E-state index in [4.69, 9.17) is 9.47 Å². The fraction of sp³-hybridized carbons (Fsp3) is 0.278. The Balaban J connectivity index is 1.60. The van der Waals surface area contributed by atoms with Crippen LogP contribution in [-0.4, -0.2) is 41.3 Å². The summed E-state index contributed by atoms with van der Waals surface area (Å²) in [5, 5.41) is 18.9. The molecule has 120 valence electrons. The molecule has 1 fully saturated rings. The molecule has 2 aromatic rings. The summed E-state index contributed by atoms with van der Waals surface area (Å²) < 4.78 is 10.2. The molecule has 0 aromatic heterocycles. The number of benzene rings is 2. The molecular weight excluding hydrogens is 296 g/mol. The van der Waals surface area contributed by atoms with Crippen molar-refractivity contribution in [1.29, 1.82) is 0 Å². The van der Waals surface area contributed by atoms with E-state index in [1.165, 1.54) is 0 Å². The van der Waals surface area contributed by atoms with Crippen LogP contribution < -0.4 is 0 Å². The largest absolute Gasteiger partial charge is 0.459 e. The standard InChI is InChI=1S/C18H18O5/c19-15-10-17(20)23-16(15)11-22-18(21)14-8-6-13(7-9-14)12-4-2-1-3-5-12/h1-9,15-17,19-20H,10-11H2. The second-order valence-corrected chi connectivity index (χ2v) is 5.47. The minimum atomic E-state index is -1.00. The molecule has 1 saturated heterocycles. The van der Waals surface area contributed by atoms with Crippen LogP contribution in [0.2, 0.25) is 0 Å². The van der Waals surface area contributed by atoms with Crippen molar-refractivity contribution in [2.24, 2.45) is 0 Å². The molecule has 0 aliphatic carbocycles. The Bertz CT molecular complexity index is 653. The van der Waals surface area contributed by atoms with Gasteiger partial charge in [0.05, 0.1) is 11.7 Å². The van der Waals surface area contributed by atoms with Crippen LogP contribution in [0.5, 0.6) is 0 Å². The number of aliphatic hydroxyl groups is 2. The summed E-state index contributed by atoms with van der Waals surface area (Å²) in [6.45, 7) is -0.0858. The van der Waals surface area contributed by atoms with Gasteiger partial charge in [-0.15, -0.1) is 0 Å². The molecule has 2 N–H and O–H groups in total. The normalized spacial score (nSPS) is 23.7. The number of rotatable bonds is 4. The Morgan fingerprint density at radius 2 is 1.70 bits per heavy atom. The lowest BCUT2D eigenvalue weighted by atomic mass is 10.0. The third-order valence-corrected chi connectivity index (χ3v) is 3.81. The summed E-state index contributed by atoms with van der Waals surface area (Å²) in [6.07, 6.45) is -2.37. The van der Waals surface area contributed by atoms with E-state index in [2.05, 4.69) is 0 Å². The highest BCUT2D eigenvalue weighted by Gasteiger charge is 2.33. The van der Waals surface area contributed by atoms with Crippen molar-refractivity contribution in [2.45, 2.75) is 24.9 Å². The highest BCUT2D eigenvalue weighted by Crippen LogP contribution is 2.21. The van der Waals surface area contributed by atoms with Gasteiger partial charge in [0.2, 0.25) is 0 Å². The van der Waals surface area contributed by atoms with Crippen LogP contribution >= 0.6 is 0 Å². The van der Waals surface area contributed by atoms with Crippen LogP contribution in [0.25, 0.3) is 11.1 Å². The zero-order valence-electron chi connectivity index (χ0n) is 12.5. The maximum atomic E-state index is 12.0. The molecule has 1 aliphatic rings. The molecule has 3 unspecified atom stereocenters. The van der Waals surface area contributed by atoms with E-state index in [9.17, 15) is 15.0 Å². The summed E-state index contributed by atoms with van der Waals surface area (Å²) in [6, 6.07) is 17.0. The third kappa shape index (κ3) is 3.76. The van der Waals surface area contributed by atoms with Crippen molar-refractivity contribution in [2.75, 3.05) is 6.61 Å². The van der Waals surface area contributed by atoms with Crippen molar-refractivity contribution in [3.63, 3.8) is 0 Å². The van der Waals surface area contributed by atoms with Crippen LogP contribution in [0.3, 0.4) is 0 Å². The van der Waals surface area contributed by atoms with Crippen LogP contribution in [0.1, 0.15) is 16.8 Å². The van der Waals surface area contributed by atoms with Gasteiger partial charge >= 0.3 is 5.97 Å². The van der Waals surface area contributed by atoms with Gasteiger partial charge in [-0.25, -0.2) is 4.79 Å². The first kappa shape index (κ1) is 15.7. The molecule has 0 bridgehead atoms. The van der Waals surface area contributed by atoms with E-state index in [1.54, 1.807) is 12.1 Å². The van der Waals surface area contributed by atoms with Crippen molar-refractivity contribution < 1.29 is 24.5 Å². The van der Waals surface area contributed by atoms with Gasteiger partial charge in [-0.05, 0) is 23.3 Å². The monoisotopic (exact) mass is 314 g/mol. The average molecular weight is 314 g/mol. The van der Waals surface area contributed by atoms with Crippen molar-refractivity contribution >= 4 is 5.97 Å². The second-order valence-electron chi connectivity index (χ2n) is 5.47. The van der Waals surface area contributed by atoms with Crippen LogP contribution in [0.15, 0.2) is 54.6 Å². The zero-order valence-corrected chi connectivity index (χ0v) is 12.5. The predicted octanol–water partition coefficient (Wildman–Crippen LogP) is 1.98. The van der Waals surface area contributed by atoms with Gasteiger partial charge in [-0.1, -0.05) is 42.5 Å². The lowest BCUT2D eigenvalue weighted by Gasteiger charge is -2.14. The summed E-state index contributed by atoms with van der Waals surface area (Å²) in [5.74, 6) is -0.484. The summed E-state index contributed by atoms with van der Waals surface area (Å²) >= 11 is 0. The van der Waals surface area contributed by atoms with E-state index in [0.717, 1.165) is 11.1 Å². The van der Waals surface area contributed by atoms with Gasteiger partial charge in [0.1, 0.15) is 12.7 Å². The molecule has 1 heterocycles. The fourth-order valence-electron chi connectivity index (χ4n) is 2.53. The number of aliphatic hydroxyl groups excluding tert-OH is 2. The Morgan fingerprint density at radius 3 is 2.30 bits per heavy atom. The van der Waals surface area contributed by atoms with E-state index >= 15 is 0 Å². The molecule has 5 nitrogen and oxygen atoms in total. The highest BCUT2D eigenvalue weighted by atomic mass is 16.6. The number of esters is 1. The maximum Gasteiger partial charge on any atom is 0.338 e. The molecule has 0 radical (unpaired) electrons. The minimum absolute atomic E-state index is 0.0858. The molecule has 0 amide bonds. The van der Waals surface area contributed by atoms with Crippen LogP contribution in [0.4, 0.5) is 0 Å². The van der Waals surface area contributed by atoms with Gasteiger partial charge in [0.25, 0.3) is 0 Å².